The summed E-state index contributed by atoms with van der Waals surface area (Å²) in [5, 5.41) is 12.2. The number of phenols is 1. The maximum absolute atomic E-state index is 8.99. The Morgan fingerprint density at radius 2 is 2.00 bits per heavy atom. The van der Waals surface area contributed by atoms with Crippen molar-refractivity contribution in [3.05, 3.63) is 24.3 Å². The lowest BCUT2D eigenvalue weighted by molar-refractivity contribution is 0.416. The molecular weight excluding hydrogens is 170 g/mol. The van der Waals surface area contributed by atoms with Crippen molar-refractivity contribution in [2.45, 2.75) is 6.10 Å². The van der Waals surface area contributed by atoms with E-state index in [1.54, 1.807) is 12.1 Å². The summed E-state index contributed by atoms with van der Waals surface area (Å²) in [6.45, 7) is 1.72. The van der Waals surface area contributed by atoms with Gasteiger partial charge in [0.2, 0.25) is 0 Å². The van der Waals surface area contributed by atoms with E-state index in [4.69, 9.17) is 9.84 Å². The molecule has 1 aliphatic rings. The average Bonchev–Trinajstić information content (AvgIpc) is 2.87. The first-order chi connectivity index (χ1) is 5.84. The first-order valence-electron chi connectivity index (χ1n) is 3.99. The largest absolute Gasteiger partial charge is 0.508 e. The number of nitrogens with one attached hydrogen (secondary N) is 1. The molecule has 4 heteroatoms. The molecule has 4 N–H and O–H groups in total. The van der Waals surface area contributed by atoms with Gasteiger partial charge in [-0.1, -0.05) is 0 Å². The van der Waals surface area contributed by atoms with Gasteiger partial charge in [0.25, 0.3) is 0 Å². The number of rotatable bonds is 3. The summed E-state index contributed by atoms with van der Waals surface area (Å²) >= 11 is 0. The highest BCUT2D eigenvalue weighted by atomic mass is 16.6. The molecule has 0 aliphatic carbocycles. The summed E-state index contributed by atoms with van der Waals surface area (Å²) in [5.74, 6) is 0.295. The van der Waals surface area contributed by atoms with Crippen LogP contribution in [0.4, 0.5) is 5.69 Å². The summed E-state index contributed by atoms with van der Waals surface area (Å²) in [6.07, 6.45) is 0.388. The minimum atomic E-state index is 0. The Morgan fingerprint density at radius 1 is 1.38 bits per heavy atom. The van der Waals surface area contributed by atoms with Crippen LogP contribution in [0.25, 0.3) is 0 Å². The highest BCUT2D eigenvalue weighted by Gasteiger charge is 2.21. The molecule has 1 atom stereocenters. The summed E-state index contributed by atoms with van der Waals surface area (Å²) in [4.78, 5) is 0. The molecule has 1 saturated heterocycles. The molecule has 1 aromatic rings. The molecule has 1 aliphatic heterocycles. The van der Waals surface area contributed by atoms with Gasteiger partial charge in [0.1, 0.15) is 5.75 Å². The third-order valence-corrected chi connectivity index (χ3v) is 1.80. The van der Waals surface area contributed by atoms with Crippen molar-refractivity contribution in [3.63, 3.8) is 0 Å². The summed E-state index contributed by atoms with van der Waals surface area (Å²) < 4.78 is 5.04. The third-order valence-electron chi connectivity index (χ3n) is 1.80. The number of epoxide rings is 1. The van der Waals surface area contributed by atoms with Gasteiger partial charge in [-0.2, -0.15) is 0 Å². The van der Waals surface area contributed by atoms with Crippen LogP contribution < -0.4 is 5.32 Å². The van der Waals surface area contributed by atoms with E-state index in [2.05, 4.69) is 5.32 Å². The van der Waals surface area contributed by atoms with E-state index < -0.39 is 0 Å². The van der Waals surface area contributed by atoms with Gasteiger partial charge in [0.05, 0.1) is 12.7 Å². The third kappa shape index (κ3) is 2.93. The molecule has 2 rings (SSSR count). The predicted molar refractivity (Wildman–Crippen MR) is 50.0 cm³/mol. The summed E-state index contributed by atoms with van der Waals surface area (Å²) in [7, 11) is 0. The Bertz CT molecular complexity index is 256. The van der Waals surface area contributed by atoms with Gasteiger partial charge in [-0.15, -0.1) is 0 Å². The van der Waals surface area contributed by atoms with Gasteiger partial charge in [-0.25, -0.2) is 0 Å². The van der Waals surface area contributed by atoms with Crippen molar-refractivity contribution >= 4 is 5.69 Å². The van der Waals surface area contributed by atoms with Gasteiger partial charge < -0.3 is 20.6 Å². The van der Waals surface area contributed by atoms with Crippen LogP contribution in [-0.2, 0) is 4.74 Å². The van der Waals surface area contributed by atoms with E-state index in [1.165, 1.54) is 0 Å². The van der Waals surface area contributed by atoms with Crippen LogP contribution in [0, 0.1) is 0 Å². The van der Waals surface area contributed by atoms with Gasteiger partial charge >= 0.3 is 0 Å². The minimum Gasteiger partial charge on any atom is -0.508 e. The molecule has 1 aromatic carbocycles. The molecule has 0 radical (unpaired) electrons. The SMILES string of the molecule is O.Oc1ccc(NCC2CO2)cc1. The summed E-state index contributed by atoms with van der Waals surface area (Å²) in [5.41, 5.74) is 1.02. The number of hydrogen-bond acceptors (Lipinski definition) is 3. The zero-order valence-corrected chi connectivity index (χ0v) is 7.16. The molecule has 4 nitrogen and oxygen atoms in total. The Balaban J connectivity index is 0.000000845. The highest BCUT2D eigenvalue weighted by molar-refractivity contribution is 5.46. The first kappa shape index (κ1) is 9.83. The number of hydrogen-bond donors (Lipinski definition) is 2. The minimum absolute atomic E-state index is 0. The number of anilines is 1. The molecule has 0 saturated carbocycles. The highest BCUT2D eigenvalue weighted by Crippen LogP contribution is 2.15. The molecule has 1 heterocycles. The monoisotopic (exact) mass is 183 g/mol. The van der Waals surface area contributed by atoms with Gasteiger partial charge in [0.15, 0.2) is 0 Å². The van der Waals surface area contributed by atoms with Crippen molar-refractivity contribution in [1.82, 2.24) is 0 Å². The van der Waals surface area contributed by atoms with E-state index in [-0.39, 0.29) is 5.48 Å². The van der Waals surface area contributed by atoms with E-state index in [1.807, 2.05) is 12.1 Å². The topological polar surface area (TPSA) is 76.3 Å². The average molecular weight is 183 g/mol. The first-order valence-corrected chi connectivity index (χ1v) is 3.99. The molecule has 72 valence electrons. The Hall–Kier alpha value is -1.26. The maximum atomic E-state index is 8.99. The molecule has 13 heavy (non-hydrogen) atoms. The van der Waals surface area contributed by atoms with Crippen molar-refractivity contribution in [3.8, 4) is 5.75 Å². The van der Waals surface area contributed by atoms with Crippen LogP contribution in [0.5, 0.6) is 5.75 Å². The summed E-state index contributed by atoms with van der Waals surface area (Å²) in [6, 6.07) is 7.02. The van der Waals surface area contributed by atoms with Crippen molar-refractivity contribution in [2.75, 3.05) is 18.5 Å². The second-order valence-corrected chi connectivity index (χ2v) is 2.88. The van der Waals surface area contributed by atoms with Gasteiger partial charge in [0, 0.05) is 12.2 Å². The molecule has 0 bridgehead atoms. The number of ether oxygens (including phenoxy) is 1. The Labute approximate surface area is 76.5 Å². The molecule has 0 spiro atoms. The van der Waals surface area contributed by atoms with Crippen LogP contribution in [0.3, 0.4) is 0 Å². The molecule has 0 amide bonds. The van der Waals surface area contributed by atoms with E-state index >= 15 is 0 Å². The fourth-order valence-corrected chi connectivity index (χ4v) is 0.997. The normalized spacial score (nSPS) is 18.9. The smallest absolute Gasteiger partial charge is 0.115 e. The van der Waals surface area contributed by atoms with Gasteiger partial charge in [-0.05, 0) is 24.3 Å². The van der Waals surface area contributed by atoms with E-state index in [9.17, 15) is 0 Å². The lowest BCUT2D eigenvalue weighted by Gasteiger charge is -2.02. The second-order valence-electron chi connectivity index (χ2n) is 2.88. The molecule has 1 fully saturated rings. The number of phenolic OH excluding ortho intramolecular Hbond substituents is 1. The second kappa shape index (κ2) is 4.11. The Kier molecular flexibility index (Phi) is 3.11. The predicted octanol–water partition coefficient (Wildman–Crippen LogP) is 0.378. The van der Waals surface area contributed by atoms with Crippen LogP contribution in [0.1, 0.15) is 0 Å². The number of aromatic hydroxyl groups is 1. The lowest BCUT2D eigenvalue weighted by atomic mass is 10.3. The van der Waals surface area contributed by atoms with Crippen LogP contribution in [-0.4, -0.2) is 29.8 Å². The lowest BCUT2D eigenvalue weighted by Crippen LogP contribution is -2.06. The van der Waals surface area contributed by atoms with Crippen LogP contribution in [0.15, 0.2) is 24.3 Å². The van der Waals surface area contributed by atoms with E-state index in [0.29, 0.717) is 11.9 Å². The van der Waals surface area contributed by atoms with Crippen molar-refractivity contribution < 1.29 is 15.3 Å². The zero-order valence-electron chi connectivity index (χ0n) is 7.16. The zero-order chi connectivity index (χ0) is 8.39. The fraction of sp³-hybridized carbons (Fsp3) is 0.333. The maximum Gasteiger partial charge on any atom is 0.115 e. The van der Waals surface area contributed by atoms with Crippen molar-refractivity contribution in [2.24, 2.45) is 0 Å². The fourth-order valence-electron chi connectivity index (χ4n) is 0.997. The molecular formula is C9H13NO3. The number of benzene rings is 1. The molecule has 1 unspecified atom stereocenters. The standard InChI is InChI=1S/C9H11NO2.H2O/c11-8-3-1-7(2-4-8)10-5-9-6-12-9;/h1-4,9-11H,5-6H2;1H2. The van der Waals surface area contributed by atoms with Gasteiger partial charge in [-0.3, -0.25) is 0 Å². The van der Waals surface area contributed by atoms with Crippen LogP contribution in [0.2, 0.25) is 0 Å². The molecule has 0 aromatic heterocycles. The van der Waals surface area contributed by atoms with Crippen LogP contribution >= 0.6 is 0 Å². The van der Waals surface area contributed by atoms with Crippen molar-refractivity contribution in [1.29, 1.82) is 0 Å². The van der Waals surface area contributed by atoms with E-state index in [0.717, 1.165) is 18.8 Å². The Morgan fingerprint density at radius 3 is 2.54 bits per heavy atom. The quantitative estimate of drug-likeness (QED) is 0.525.